The first-order valence-electron chi connectivity index (χ1n) is 10.4. The average molecular weight is 411 g/mol. The van der Waals surface area contributed by atoms with Gasteiger partial charge in [-0.05, 0) is 18.4 Å². The number of thiazole rings is 1. The summed E-state index contributed by atoms with van der Waals surface area (Å²) in [6, 6.07) is 10.4. The second kappa shape index (κ2) is 7.54. The highest BCUT2D eigenvalue weighted by atomic mass is 32.1. The number of amides is 2. The number of carbonyl (C=O) groups excluding carboxylic acids is 2. The van der Waals surface area contributed by atoms with Gasteiger partial charge in [0.15, 0.2) is 0 Å². The van der Waals surface area contributed by atoms with Crippen LogP contribution in [-0.4, -0.2) is 70.8 Å². The van der Waals surface area contributed by atoms with Gasteiger partial charge in [0.05, 0.1) is 11.4 Å². The first kappa shape index (κ1) is 18.8. The van der Waals surface area contributed by atoms with Gasteiger partial charge in [-0.15, -0.1) is 11.3 Å². The lowest BCUT2D eigenvalue weighted by atomic mass is 9.71. The summed E-state index contributed by atoms with van der Waals surface area (Å²) >= 11 is 1.44. The first-order chi connectivity index (χ1) is 14.1. The Kier molecular flexibility index (Phi) is 4.87. The van der Waals surface area contributed by atoms with Gasteiger partial charge in [-0.2, -0.15) is 0 Å². The van der Waals surface area contributed by atoms with Crippen molar-refractivity contribution in [2.45, 2.75) is 19.4 Å². The molecule has 1 aromatic heterocycles. The monoisotopic (exact) mass is 410 g/mol. The van der Waals surface area contributed by atoms with E-state index in [-0.39, 0.29) is 17.2 Å². The Labute approximate surface area is 175 Å². The zero-order valence-corrected chi connectivity index (χ0v) is 17.3. The smallest absolute Gasteiger partial charge is 0.273 e. The largest absolute Gasteiger partial charge is 0.342 e. The van der Waals surface area contributed by atoms with Gasteiger partial charge in [0.2, 0.25) is 5.91 Å². The molecule has 7 heteroatoms. The summed E-state index contributed by atoms with van der Waals surface area (Å²) in [4.78, 5) is 36.5. The molecule has 3 aliphatic rings. The Balaban J connectivity index is 1.33. The van der Waals surface area contributed by atoms with Crippen molar-refractivity contribution in [3.05, 3.63) is 52.5 Å². The lowest BCUT2D eigenvalue weighted by Crippen LogP contribution is -2.64. The van der Waals surface area contributed by atoms with Crippen LogP contribution in [0.15, 0.2) is 41.2 Å². The van der Waals surface area contributed by atoms with Crippen molar-refractivity contribution < 1.29 is 9.59 Å². The zero-order valence-electron chi connectivity index (χ0n) is 16.5. The molecule has 3 saturated heterocycles. The van der Waals surface area contributed by atoms with E-state index >= 15 is 0 Å². The van der Waals surface area contributed by atoms with Crippen molar-refractivity contribution in [3.63, 3.8) is 0 Å². The second-order valence-electron chi connectivity index (χ2n) is 8.64. The highest BCUT2D eigenvalue weighted by molar-refractivity contribution is 7.07. The third kappa shape index (κ3) is 3.46. The molecule has 1 atom stereocenters. The number of hydrogen-bond donors (Lipinski definition) is 0. The molecule has 6 nitrogen and oxygen atoms in total. The van der Waals surface area contributed by atoms with Gasteiger partial charge in [-0.1, -0.05) is 30.3 Å². The Hall–Kier alpha value is -2.25. The summed E-state index contributed by atoms with van der Waals surface area (Å²) in [6.07, 6.45) is 2.21. The highest BCUT2D eigenvalue weighted by Gasteiger charge is 2.58. The molecule has 152 valence electrons. The summed E-state index contributed by atoms with van der Waals surface area (Å²) < 4.78 is 0. The number of hydrogen-bond acceptors (Lipinski definition) is 5. The van der Waals surface area contributed by atoms with Crippen LogP contribution >= 0.6 is 11.3 Å². The van der Waals surface area contributed by atoms with E-state index in [0.717, 1.165) is 45.6 Å². The Morgan fingerprint density at radius 2 is 1.83 bits per heavy atom. The van der Waals surface area contributed by atoms with Crippen molar-refractivity contribution in [1.29, 1.82) is 0 Å². The summed E-state index contributed by atoms with van der Waals surface area (Å²) in [5.74, 6) is 0.258. The minimum absolute atomic E-state index is 0.00856. The van der Waals surface area contributed by atoms with Crippen LogP contribution < -0.4 is 0 Å². The molecule has 0 radical (unpaired) electrons. The van der Waals surface area contributed by atoms with E-state index in [1.165, 1.54) is 16.9 Å². The molecule has 0 aliphatic carbocycles. The maximum Gasteiger partial charge on any atom is 0.273 e. The first-order valence-corrected chi connectivity index (χ1v) is 11.3. The fourth-order valence-corrected chi connectivity index (χ4v) is 5.72. The number of aromatic nitrogens is 1. The van der Waals surface area contributed by atoms with Gasteiger partial charge in [0, 0.05) is 56.6 Å². The van der Waals surface area contributed by atoms with Crippen LogP contribution in [0.5, 0.6) is 0 Å². The molecule has 1 spiro atoms. The Morgan fingerprint density at radius 1 is 1.07 bits per heavy atom. The topological polar surface area (TPSA) is 56.8 Å². The molecular weight excluding hydrogens is 384 g/mol. The minimum atomic E-state index is -0.125. The quantitative estimate of drug-likeness (QED) is 0.776. The van der Waals surface area contributed by atoms with Gasteiger partial charge in [-0.3, -0.25) is 14.5 Å². The number of nitrogens with zero attached hydrogens (tertiary/aromatic N) is 4. The number of likely N-dealkylation sites (tertiary alicyclic amines) is 3. The van der Waals surface area contributed by atoms with Gasteiger partial charge < -0.3 is 9.80 Å². The van der Waals surface area contributed by atoms with E-state index in [2.05, 4.69) is 34.1 Å². The van der Waals surface area contributed by atoms with Crippen LogP contribution in [0.25, 0.3) is 0 Å². The van der Waals surface area contributed by atoms with E-state index in [0.29, 0.717) is 24.7 Å². The van der Waals surface area contributed by atoms with Crippen LogP contribution in [0, 0.1) is 11.3 Å². The molecule has 4 heterocycles. The predicted molar refractivity (Wildman–Crippen MR) is 111 cm³/mol. The lowest BCUT2D eigenvalue weighted by Gasteiger charge is -2.50. The second-order valence-corrected chi connectivity index (χ2v) is 9.36. The van der Waals surface area contributed by atoms with Gasteiger partial charge in [-0.25, -0.2) is 4.98 Å². The van der Waals surface area contributed by atoms with Crippen molar-refractivity contribution in [1.82, 2.24) is 19.7 Å². The molecule has 3 fully saturated rings. The standard InChI is InChI=1S/C22H26N4O2S/c27-20(25-8-4-5-9-25)18-11-24(10-17-6-2-1-3-7-17)13-22(18)14-26(15-22)21(28)19-12-29-16-23-19/h1-3,6-7,12,16,18H,4-5,8-11,13-15H2. The average Bonchev–Trinajstić information content (AvgIpc) is 3.46. The van der Waals surface area contributed by atoms with Crippen LogP contribution in [-0.2, 0) is 11.3 Å². The van der Waals surface area contributed by atoms with E-state index in [9.17, 15) is 9.59 Å². The third-order valence-electron chi connectivity index (χ3n) is 6.63. The van der Waals surface area contributed by atoms with Crippen molar-refractivity contribution >= 4 is 23.2 Å². The molecular formula is C22H26N4O2S. The molecule has 0 saturated carbocycles. The maximum absolute atomic E-state index is 13.3. The van der Waals surface area contributed by atoms with Gasteiger partial charge in [0.25, 0.3) is 5.91 Å². The molecule has 0 bridgehead atoms. The summed E-state index contributed by atoms with van der Waals surface area (Å²) in [6.45, 7) is 5.57. The Bertz CT molecular complexity index is 873. The minimum Gasteiger partial charge on any atom is -0.342 e. The van der Waals surface area contributed by atoms with Crippen LogP contribution in [0.3, 0.4) is 0 Å². The molecule has 2 amide bonds. The SMILES string of the molecule is O=C(c1cscn1)N1CC2(CN(Cc3ccccc3)CC2C(=O)N2CCCC2)C1. The Morgan fingerprint density at radius 3 is 2.52 bits per heavy atom. The van der Waals surface area contributed by atoms with E-state index in [1.807, 2.05) is 15.9 Å². The maximum atomic E-state index is 13.3. The van der Waals surface area contributed by atoms with Crippen LogP contribution in [0.1, 0.15) is 28.9 Å². The van der Waals surface area contributed by atoms with Gasteiger partial charge in [0.1, 0.15) is 5.69 Å². The van der Waals surface area contributed by atoms with Crippen molar-refractivity contribution in [2.75, 3.05) is 39.3 Å². The zero-order chi connectivity index (χ0) is 19.8. The van der Waals surface area contributed by atoms with Crippen LogP contribution in [0.4, 0.5) is 0 Å². The fourth-order valence-electron chi connectivity index (χ4n) is 5.19. The summed E-state index contributed by atoms with van der Waals surface area (Å²) in [5.41, 5.74) is 3.36. The molecule has 29 heavy (non-hydrogen) atoms. The summed E-state index contributed by atoms with van der Waals surface area (Å²) in [5, 5.41) is 1.80. The summed E-state index contributed by atoms with van der Waals surface area (Å²) in [7, 11) is 0. The third-order valence-corrected chi connectivity index (χ3v) is 7.22. The van der Waals surface area contributed by atoms with E-state index in [4.69, 9.17) is 0 Å². The highest BCUT2D eigenvalue weighted by Crippen LogP contribution is 2.46. The van der Waals surface area contributed by atoms with E-state index in [1.54, 1.807) is 10.9 Å². The fraction of sp³-hybridized carbons (Fsp3) is 0.500. The van der Waals surface area contributed by atoms with Gasteiger partial charge >= 0.3 is 0 Å². The molecule has 1 aromatic carbocycles. The van der Waals surface area contributed by atoms with E-state index < -0.39 is 0 Å². The predicted octanol–water partition coefficient (Wildman–Crippen LogP) is 2.34. The molecule has 1 unspecified atom stereocenters. The van der Waals surface area contributed by atoms with Crippen molar-refractivity contribution in [2.24, 2.45) is 11.3 Å². The van der Waals surface area contributed by atoms with Crippen molar-refractivity contribution in [3.8, 4) is 0 Å². The number of rotatable bonds is 4. The van der Waals surface area contributed by atoms with Crippen LogP contribution in [0.2, 0.25) is 0 Å². The number of benzene rings is 1. The molecule has 5 rings (SSSR count). The number of carbonyl (C=O) groups is 2. The molecule has 0 N–H and O–H groups in total. The normalized spacial score (nSPS) is 23.5. The molecule has 2 aromatic rings. The molecule has 3 aliphatic heterocycles. The lowest BCUT2D eigenvalue weighted by molar-refractivity contribution is -0.141.